The second-order valence-corrected chi connectivity index (χ2v) is 6.01. The Morgan fingerprint density at radius 2 is 1.81 bits per heavy atom. The summed E-state index contributed by atoms with van der Waals surface area (Å²) in [4.78, 5) is 14.1. The van der Waals surface area contributed by atoms with Gasteiger partial charge < -0.3 is 14.7 Å². The highest BCUT2D eigenvalue weighted by atomic mass is 32.1. The van der Waals surface area contributed by atoms with Crippen LogP contribution in [-0.4, -0.2) is 52.4 Å². The van der Waals surface area contributed by atoms with Gasteiger partial charge in [-0.1, -0.05) is 42.5 Å². The van der Waals surface area contributed by atoms with Crippen molar-refractivity contribution in [2.45, 2.75) is 0 Å². The fourth-order valence-electron chi connectivity index (χ4n) is 2.33. The minimum Gasteiger partial charge on any atom is -0.492 e. The molecule has 0 radical (unpaired) electrons. The molecule has 27 heavy (non-hydrogen) atoms. The fraction of sp³-hybridized carbons (Fsp3) is 0.200. The molecule has 2 rings (SSSR count). The van der Waals surface area contributed by atoms with Gasteiger partial charge in [-0.15, -0.1) is 0 Å². The van der Waals surface area contributed by atoms with Crippen molar-refractivity contribution in [1.29, 1.82) is 0 Å². The average molecular weight is 386 g/mol. The van der Waals surface area contributed by atoms with E-state index in [0.717, 1.165) is 5.56 Å². The van der Waals surface area contributed by atoms with Gasteiger partial charge in [0.15, 0.2) is 0 Å². The van der Waals surface area contributed by atoms with Gasteiger partial charge in [-0.25, -0.2) is 0 Å². The van der Waals surface area contributed by atoms with Crippen LogP contribution in [0.25, 0.3) is 6.08 Å². The number of ether oxygens (including phenoxy) is 1. The Balaban J connectivity index is 1.87. The Labute approximate surface area is 163 Å². The Morgan fingerprint density at radius 3 is 2.44 bits per heavy atom. The lowest BCUT2D eigenvalue weighted by Crippen LogP contribution is -2.35. The zero-order valence-electron chi connectivity index (χ0n) is 14.7. The van der Waals surface area contributed by atoms with Crippen LogP contribution in [0, 0.1) is 0 Å². The molecular formula is C20H22N2O4S. The molecule has 3 N–H and O–H groups in total. The first-order chi connectivity index (χ1) is 13.1. The van der Waals surface area contributed by atoms with Crippen molar-refractivity contribution in [3.63, 3.8) is 0 Å². The SMILES string of the molecule is O=C(/C=C/c1ccccc1)N(CCO)CCOc1ccc(C(=S)NO)cc1. The van der Waals surface area contributed by atoms with Crippen LogP contribution in [0.5, 0.6) is 5.75 Å². The molecule has 0 aliphatic rings. The predicted octanol–water partition coefficient (Wildman–Crippen LogP) is 2.25. The first-order valence-electron chi connectivity index (χ1n) is 8.44. The monoisotopic (exact) mass is 386 g/mol. The molecule has 0 saturated carbocycles. The maximum Gasteiger partial charge on any atom is 0.246 e. The number of amides is 1. The summed E-state index contributed by atoms with van der Waals surface area (Å²) in [5.74, 6) is 0.432. The molecule has 0 aliphatic carbocycles. The van der Waals surface area contributed by atoms with Crippen molar-refractivity contribution < 1.29 is 19.8 Å². The lowest BCUT2D eigenvalue weighted by molar-refractivity contribution is -0.126. The molecule has 0 aliphatic heterocycles. The number of nitrogens with one attached hydrogen (secondary N) is 1. The van der Waals surface area contributed by atoms with E-state index in [0.29, 0.717) is 17.9 Å². The van der Waals surface area contributed by atoms with Crippen LogP contribution in [0.15, 0.2) is 60.7 Å². The summed E-state index contributed by atoms with van der Waals surface area (Å²) in [5, 5.41) is 18.0. The Kier molecular flexibility index (Phi) is 8.44. The highest BCUT2D eigenvalue weighted by Gasteiger charge is 2.10. The molecule has 7 heteroatoms. The lowest BCUT2D eigenvalue weighted by atomic mass is 10.2. The molecule has 1 amide bonds. The zero-order valence-corrected chi connectivity index (χ0v) is 15.6. The molecule has 142 valence electrons. The van der Waals surface area contributed by atoms with Crippen molar-refractivity contribution in [3.05, 3.63) is 71.8 Å². The topological polar surface area (TPSA) is 82.0 Å². The predicted molar refractivity (Wildman–Crippen MR) is 108 cm³/mol. The highest BCUT2D eigenvalue weighted by molar-refractivity contribution is 7.80. The molecule has 6 nitrogen and oxygen atoms in total. The van der Waals surface area contributed by atoms with Gasteiger partial charge >= 0.3 is 0 Å². The second-order valence-electron chi connectivity index (χ2n) is 5.61. The van der Waals surface area contributed by atoms with E-state index < -0.39 is 0 Å². The Hall–Kier alpha value is -2.74. The number of aliphatic hydroxyl groups excluding tert-OH is 1. The summed E-state index contributed by atoms with van der Waals surface area (Å²) < 4.78 is 5.64. The fourth-order valence-corrected chi connectivity index (χ4v) is 2.47. The van der Waals surface area contributed by atoms with Crippen molar-refractivity contribution in [3.8, 4) is 5.75 Å². The summed E-state index contributed by atoms with van der Waals surface area (Å²) in [6.07, 6.45) is 3.23. The second kappa shape index (κ2) is 11.1. The van der Waals surface area contributed by atoms with E-state index >= 15 is 0 Å². The van der Waals surface area contributed by atoms with Crippen molar-refractivity contribution in [1.82, 2.24) is 10.4 Å². The van der Waals surface area contributed by atoms with Crippen LogP contribution in [0.2, 0.25) is 0 Å². The molecule has 2 aromatic carbocycles. The van der Waals surface area contributed by atoms with E-state index in [1.165, 1.54) is 11.0 Å². The summed E-state index contributed by atoms with van der Waals surface area (Å²) in [5.41, 5.74) is 3.53. The van der Waals surface area contributed by atoms with Gasteiger partial charge in [-0.3, -0.25) is 15.5 Å². The standard InChI is InChI=1S/C20H22N2O4S/c23-14-12-22(19(24)11-6-16-4-2-1-3-5-16)13-15-26-18-9-7-17(8-10-18)20(27)21-25/h1-11,23,25H,12-15H2,(H,21,27)/b11-6+. The van der Waals surface area contributed by atoms with Crippen LogP contribution in [0.1, 0.15) is 11.1 Å². The quantitative estimate of drug-likeness (QED) is 0.348. The third kappa shape index (κ3) is 6.82. The Morgan fingerprint density at radius 1 is 1.11 bits per heavy atom. The van der Waals surface area contributed by atoms with Crippen LogP contribution < -0.4 is 10.2 Å². The first kappa shape index (κ1) is 20.6. The number of aliphatic hydroxyl groups is 1. The number of benzene rings is 2. The number of hydroxylamine groups is 1. The van der Waals surface area contributed by atoms with E-state index in [4.69, 9.17) is 22.2 Å². The van der Waals surface area contributed by atoms with E-state index in [-0.39, 0.29) is 30.7 Å². The molecule has 0 spiro atoms. The van der Waals surface area contributed by atoms with Crippen LogP contribution in [0.3, 0.4) is 0 Å². The molecule has 0 aromatic heterocycles. The van der Waals surface area contributed by atoms with Gasteiger partial charge in [0.2, 0.25) is 5.91 Å². The molecular weight excluding hydrogens is 364 g/mol. The zero-order chi connectivity index (χ0) is 19.5. The van der Waals surface area contributed by atoms with E-state index in [2.05, 4.69) is 0 Å². The van der Waals surface area contributed by atoms with Gasteiger partial charge in [0.1, 0.15) is 17.3 Å². The van der Waals surface area contributed by atoms with Crippen LogP contribution >= 0.6 is 12.2 Å². The van der Waals surface area contributed by atoms with Crippen molar-refractivity contribution >= 4 is 29.2 Å². The largest absolute Gasteiger partial charge is 0.492 e. The van der Waals surface area contributed by atoms with Crippen LogP contribution in [-0.2, 0) is 4.79 Å². The number of hydrogen-bond acceptors (Lipinski definition) is 5. The van der Waals surface area contributed by atoms with E-state index in [9.17, 15) is 9.90 Å². The minimum absolute atomic E-state index is 0.120. The van der Waals surface area contributed by atoms with Gasteiger partial charge in [0, 0.05) is 18.2 Å². The number of carbonyl (C=O) groups is 1. The summed E-state index contributed by atoms with van der Waals surface area (Å²) in [6.45, 7) is 0.742. The summed E-state index contributed by atoms with van der Waals surface area (Å²) in [6, 6.07) is 16.4. The highest BCUT2D eigenvalue weighted by Crippen LogP contribution is 2.12. The van der Waals surface area contributed by atoms with E-state index in [1.54, 1.807) is 30.3 Å². The number of rotatable bonds is 9. The van der Waals surface area contributed by atoms with Gasteiger partial charge in [-0.2, -0.15) is 0 Å². The molecule has 0 saturated heterocycles. The molecule has 0 atom stereocenters. The molecule has 0 unspecified atom stereocenters. The van der Waals surface area contributed by atoms with Crippen molar-refractivity contribution in [2.24, 2.45) is 0 Å². The van der Waals surface area contributed by atoms with Crippen LogP contribution in [0.4, 0.5) is 0 Å². The number of carbonyl (C=O) groups excluding carboxylic acids is 1. The lowest BCUT2D eigenvalue weighted by Gasteiger charge is -2.20. The molecule has 0 bridgehead atoms. The minimum atomic E-state index is -0.189. The summed E-state index contributed by atoms with van der Waals surface area (Å²) >= 11 is 4.93. The maximum absolute atomic E-state index is 12.3. The normalized spacial score (nSPS) is 10.6. The first-order valence-corrected chi connectivity index (χ1v) is 8.85. The van der Waals surface area contributed by atoms with Gasteiger partial charge in [-0.05, 0) is 35.9 Å². The molecule has 2 aromatic rings. The molecule has 0 heterocycles. The van der Waals surface area contributed by atoms with Gasteiger partial charge in [0.05, 0.1) is 13.2 Å². The third-order valence-corrected chi connectivity index (χ3v) is 4.07. The van der Waals surface area contributed by atoms with E-state index in [1.807, 2.05) is 35.8 Å². The number of thiocarbonyl (C=S) groups is 1. The molecule has 0 fully saturated rings. The summed E-state index contributed by atoms with van der Waals surface area (Å²) in [7, 11) is 0. The maximum atomic E-state index is 12.3. The number of hydrogen-bond donors (Lipinski definition) is 3. The third-order valence-electron chi connectivity index (χ3n) is 3.75. The Bertz CT molecular complexity index is 763. The van der Waals surface area contributed by atoms with Crippen molar-refractivity contribution in [2.75, 3.05) is 26.3 Å². The smallest absolute Gasteiger partial charge is 0.246 e. The van der Waals surface area contributed by atoms with Gasteiger partial charge in [0.25, 0.3) is 0 Å². The number of nitrogens with zero attached hydrogens (tertiary/aromatic N) is 1. The average Bonchev–Trinajstić information content (AvgIpc) is 2.72.